The Morgan fingerprint density at radius 1 is 0.342 bits per heavy atom. The topological polar surface area (TPSA) is 33.6 Å². The van der Waals surface area contributed by atoms with Crippen molar-refractivity contribution in [1.82, 2.24) is 9.13 Å². The number of benzene rings is 8. The third-order valence-electron chi connectivity index (χ3n) is 12.6. The van der Waals surface area contributed by atoms with Gasteiger partial charge in [-0.05, 0) is 137 Å². The Labute approximate surface area is 402 Å². The summed E-state index contributed by atoms with van der Waals surface area (Å²) in [6.07, 6.45) is -25.4. The molecule has 0 saturated heterocycles. The van der Waals surface area contributed by atoms with Gasteiger partial charge >= 0.3 is 30.9 Å². The van der Waals surface area contributed by atoms with E-state index in [0.29, 0.717) is 67.9 Å². The maximum Gasteiger partial charge on any atom is 0.416 e. The van der Waals surface area contributed by atoms with Crippen molar-refractivity contribution in [3.05, 3.63) is 191 Å². The van der Waals surface area contributed by atoms with E-state index in [-0.39, 0.29) is 56.9 Å². The maximum absolute atomic E-state index is 14.4. The number of hydrogen-bond donors (Lipinski definition) is 0. The number of fused-ring (bicyclic) bond motifs is 6. The normalized spacial score (nSPS) is 12.9. The highest BCUT2D eigenvalue weighted by atomic mass is 19.4. The second-order valence-electron chi connectivity index (χ2n) is 17.3. The minimum Gasteiger partial charge on any atom is -0.307 e. The molecule has 3 nitrogen and oxygen atoms in total. The van der Waals surface area contributed by atoms with Crippen LogP contribution in [-0.2, 0) is 30.9 Å². The molecule has 0 saturated carbocycles. The highest BCUT2D eigenvalue weighted by molar-refractivity contribution is 6.13. The fourth-order valence-electron chi connectivity index (χ4n) is 9.44. The lowest BCUT2D eigenvalue weighted by Crippen LogP contribution is -2.11. The second kappa shape index (κ2) is 16.7. The fraction of sp³-hybridized carbons (Fsp3) is 0.109. The summed E-state index contributed by atoms with van der Waals surface area (Å²) in [5.74, 6) is 0. The molecule has 0 spiro atoms. The first-order valence-corrected chi connectivity index (χ1v) is 21.6. The summed E-state index contributed by atoms with van der Waals surface area (Å²) in [6.45, 7) is 1.43. The van der Waals surface area contributed by atoms with E-state index in [9.17, 15) is 71.1 Å². The first-order valence-electron chi connectivity index (χ1n) is 21.6. The molecule has 8 aromatic carbocycles. The highest BCUT2D eigenvalue weighted by Gasteiger charge is 2.39. The number of aryl methyl sites for hydroxylation is 1. The van der Waals surface area contributed by atoms with Crippen LogP contribution in [0.5, 0.6) is 0 Å². The number of alkyl halides is 15. The summed E-state index contributed by atoms with van der Waals surface area (Å²) < 4.78 is 215. The first kappa shape index (κ1) is 48.4. The SMILES string of the molecule is Cc1cc(-c2cc(-n3c4ccccc4c4cc(-c5cc(C(F)(F)F)cc(C(F)(F)F)c5)ccc43)c(-n3c4ccccc4c4cc(-c5cc(C(F)(F)F)cc(C(F)(F)F)c5)ccc43)cc2C#N)cc(C(F)(F)F)c1. The van der Waals surface area contributed by atoms with E-state index in [1.165, 1.54) is 61.5 Å². The molecule has 0 aliphatic carbocycles. The molecule has 10 rings (SSSR count). The van der Waals surface area contributed by atoms with Crippen LogP contribution in [0.25, 0.3) is 88.4 Å². The second-order valence-corrected chi connectivity index (χ2v) is 17.3. The average molecular weight is 1020 g/mol. The number of aromatic nitrogens is 2. The zero-order valence-electron chi connectivity index (χ0n) is 36.9. The Kier molecular flexibility index (Phi) is 11.1. The molecule has 0 aliphatic heterocycles. The van der Waals surface area contributed by atoms with Crippen molar-refractivity contribution in [1.29, 1.82) is 5.26 Å². The number of rotatable bonds is 5. The molecule has 2 aromatic heterocycles. The van der Waals surface area contributed by atoms with Gasteiger partial charge in [0.15, 0.2) is 0 Å². The Morgan fingerprint density at radius 2 is 0.699 bits per heavy atom. The largest absolute Gasteiger partial charge is 0.416 e. The lowest BCUT2D eigenvalue weighted by atomic mass is 9.95. The number of nitrogens with zero attached hydrogens (tertiary/aromatic N) is 3. The third-order valence-corrected chi connectivity index (χ3v) is 12.6. The van der Waals surface area contributed by atoms with Crippen molar-refractivity contribution in [3.63, 3.8) is 0 Å². The third kappa shape index (κ3) is 8.65. The zero-order chi connectivity index (χ0) is 52.3. The summed E-state index contributed by atoms with van der Waals surface area (Å²) in [6, 6.07) is 32.1. The van der Waals surface area contributed by atoms with Gasteiger partial charge in [-0.1, -0.05) is 54.6 Å². The van der Waals surface area contributed by atoms with Crippen LogP contribution in [0.1, 0.15) is 38.9 Å². The summed E-state index contributed by atoms with van der Waals surface area (Å²) in [4.78, 5) is 0. The van der Waals surface area contributed by atoms with Crippen LogP contribution in [0, 0.1) is 18.3 Å². The van der Waals surface area contributed by atoms with Gasteiger partial charge in [0, 0.05) is 27.1 Å². The molecule has 10 aromatic rings. The van der Waals surface area contributed by atoms with Gasteiger partial charge in [0.1, 0.15) is 0 Å². The quantitative estimate of drug-likeness (QED) is 0.158. The molecule has 0 fully saturated rings. The molecule has 0 N–H and O–H groups in total. The molecule has 0 atom stereocenters. The number of halogens is 15. The first-order chi connectivity index (χ1) is 34.2. The minimum atomic E-state index is -5.15. The smallest absolute Gasteiger partial charge is 0.307 e. The van der Waals surface area contributed by atoms with Crippen LogP contribution in [0.3, 0.4) is 0 Å². The van der Waals surface area contributed by atoms with Crippen LogP contribution in [0.4, 0.5) is 65.9 Å². The molecular weight excluding hydrogens is 988 g/mol. The molecule has 2 heterocycles. The number of hydrogen-bond acceptors (Lipinski definition) is 1. The van der Waals surface area contributed by atoms with Crippen LogP contribution in [0.15, 0.2) is 152 Å². The van der Waals surface area contributed by atoms with Crippen LogP contribution < -0.4 is 0 Å². The monoisotopic (exact) mass is 1020 g/mol. The summed E-state index contributed by atoms with van der Waals surface area (Å²) >= 11 is 0. The number of nitriles is 1. The molecule has 0 unspecified atom stereocenters. The van der Waals surface area contributed by atoms with E-state index >= 15 is 0 Å². The van der Waals surface area contributed by atoms with Crippen LogP contribution >= 0.6 is 0 Å². The molecule has 0 amide bonds. The van der Waals surface area contributed by atoms with E-state index in [1.807, 2.05) is 0 Å². The van der Waals surface area contributed by atoms with Crippen molar-refractivity contribution in [2.75, 3.05) is 0 Å². The van der Waals surface area contributed by atoms with Gasteiger partial charge in [0.2, 0.25) is 0 Å². The summed E-state index contributed by atoms with van der Waals surface area (Å²) in [5, 5.41) is 12.3. The van der Waals surface area contributed by atoms with Crippen LogP contribution in [0.2, 0.25) is 0 Å². The Morgan fingerprint density at radius 3 is 1.10 bits per heavy atom. The molecule has 0 aliphatic rings. The maximum atomic E-state index is 14.4. The summed E-state index contributed by atoms with van der Waals surface area (Å²) in [5.41, 5.74) is -6.23. The minimum absolute atomic E-state index is 0.00823. The average Bonchev–Trinajstić information content (AvgIpc) is 3.83. The van der Waals surface area contributed by atoms with Gasteiger partial charge in [-0.3, -0.25) is 0 Å². The predicted molar refractivity (Wildman–Crippen MR) is 246 cm³/mol. The van der Waals surface area contributed by atoms with Crippen molar-refractivity contribution in [2.24, 2.45) is 0 Å². The predicted octanol–water partition coefficient (Wildman–Crippen LogP) is 18.2. The fourth-order valence-corrected chi connectivity index (χ4v) is 9.44. The molecular formula is C55H28F15N3. The van der Waals surface area contributed by atoms with E-state index in [2.05, 4.69) is 6.07 Å². The van der Waals surface area contributed by atoms with E-state index in [4.69, 9.17) is 0 Å². The van der Waals surface area contributed by atoms with E-state index in [1.54, 1.807) is 57.7 Å². The number of para-hydroxylation sites is 2. The van der Waals surface area contributed by atoms with Gasteiger partial charge in [-0.2, -0.15) is 71.1 Å². The van der Waals surface area contributed by atoms with Crippen molar-refractivity contribution in [2.45, 2.75) is 37.8 Å². The Bertz CT molecular complexity index is 3870. The Balaban J connectivity index is 1.29. The molecule has 18 heteroatoms. The van der Waals surface area contributed by atoms with Crippen molar-refractivity contribution < 1.29 is 65.9 Å². The van der Waals surface area contributed by atoms with E-state index < -0.39 is 69.8 Å². The van der Waals surface area contributed by atoms with E-state index in [0.717, 1.165) is 12.1 Å². The van der Waals surface area contributed by atoms with Gasteiger partial charge in [-0.15, -0.1) is 0 Å². The van der Waals surface area contributed by atoms with Crippen molar-refractivity contribution in [3.8, 4) is 50.8 Å². The van der Waals surface area contributed by atoms with Crippen LogP contribution in [-0.4, -0.2) is 9.13 Å². The Hall–Kier alpha value is -8.20. The van der Waals surface area contributed by atoms with Gasteiger partial charge in [0.25, 0.3) is 0 Å². The molecule has 0 radical (unpaired) electrons. The lowest BCUT2D eigenvalue weighted by Gasteiger charge is -2.20. The standard InChI is InChI=1S/C55H28F15N3/c1-28-14-33(20-35(15-28)51(56,57)58)42-26-50(73-46-9-5-3-7-41(46)44-22-30(11-13-48(44)73)32-18-38(54(65,66)67)25-39(19-32)55(68,69)70)49(23-34(42)27-71)72-45-8-4-2-6-40(45)43-21-29(10-12-47(43)72)31-16-36(52(59,60)61)24-37(17-31)53(62,63)64/h2-26H,1H3. The zero-order valence-corrected chi connectivity index (χ0v) is 36.9. The molecule has 73 heavy (non-hydrogen) atoms. The van der Waals surface area contributed by atoms with Gasteiger partial charge in [-0.25, -0.2) is 0 Å². The summed E-state index contributed by atoms with van der Waals surface area (Å²) in [7, 11) is 0. The molecule has 368 valence electrons. The van der Waals surface area contributed by atoms with Gasteiger partial charge < -0.3 is 9.13 Å². The van der Waals surface area contributed by atoms with Gasteiger partial charge in [0.05, 0.1) is 72.9 Å². The van der Waals surface area contributed by atoms with Crippen molar-refractivity contribution >= 4 is 43.6 Å². The highest BCUT2D eigenvalue weighted by Crippen LogP contribution is 2.46. The molecule has 0 bridgehead atoms. The lowest BCUT2D eigenvalue weighted by molar-refractivity contribution is -0.144.